The number of hydrogen-bond acceptors (Lipinski definition) is 3. The Labute approximate surface area is 248 Å². The molecule has 0 spiro atoms. The molecule has 204 valence electrons. The van der Waals surface area contributed by atoms with Gasteiger partial charge in [0.25, 0.3) is 0 Å². The fourth-order valence-corrected chi connectivity index (χ4v) is 1.23. The van der Waals surface area contributed by atoms with Crippen LogP contribution in [0.5, 0.6) is 0 Å². The number of carboxylic acid groups (broad SMARTS) is 2. The summed E-state index contributed by atoms with van der Waals surface area (Å²) in [5.74, 6) is -3.03. The van der Waals surface area contributed by atoms with Gasteiger partial charge >= 0.3 is 89.1 Å². The van der Waals surface area contributed by atoms with Gasteiger partial charge in [-0.05, 0) is 12.7 Å². The van der Waals surface area contributed by atoms with E-state index in [-0.39, 0.29) is 24.5 Å². The molecule has 0 fully saturated rings. The van der Waals surface area contributed by atoms with E-state index >= 15 is 0 Å². The molecule has 2 unspecified atom stereocenters. The van der Waals surface area contributed by atoms with E-state index < -0.39 is 36.0 Å². The fourth-order valence-electron chi connectivity index (χ4n) is 0.657. The van der Waals surface area contributed by atoms with Gasteiger partial charge in [-0.25, -0.2) is 4.79 Å². The summed E-state index contributed by atoms with van der Waals surface area (Å²) in [6.45, 7) is 9.90. The third-order valence-electron chi connectivity index (χ3n) is 1.99. The first-order chi connectivity index (χ1) is 14.2. The van der Waals surface area contributed by atoms with Crippen molar-refractivity contribution in [3.8, 4) is 0 Å². The van der Waals surface area contributed by atoms with E-state index in [0.29, 0.717) is 11.8 Å². The maximum absolute atomic E-state index is 11.8. The Balaban J connectivity index is -0.0000000743. The number of hydrogen-bond donors (Lipinski definition) is 2. The summed E-state index contributed by atoms with van der Waals surface area (Å²) in [6.07, 6.45) is -6.59. The van der Waals surface area contributed by atoms with Crippen LogP contribution < -0.4 is 0 Å². The van der Waals surface area contributed by atoms with Gasteiger partial charge in [-0.1, -0.05) is 50.8 Å². The van der Waals surface area contributed by atoms with Crippen LogP contribution in [0.1, 0.15) is 47.5 Å². The third kappa shape index (κ3) is 71.9. The molecule has 2 atom stereocenters. The molecule has 0 heterocycles. The van der Waals surface area contributed by atoms with Gasteiger partial charge in [0.05, 0.1) is 6.42 Å². The Bertz CT molecular complexity index is 481. The average Bonchev–Trinajstić information content (AvgIpc) is 2.57. The van der Waals surface area contributed by atoms with Gasteiger partial charge in [-0.3, -0.25) is 4.79 Å². The molecule has 0 saturated heterocycles. The summed E-state index contributed by atoms with van der Waals surface area (Å²) in [4.78, 5) is 19.1. The zero-order valence-electron chi connectivity index (χ0n) is 17.5. The van der Waals surface area contributed by atoms with Crippen molar-refractivity contribution in [3.05, 3.63) is 19.1 Å². The first-order valence-corrected chi connectivity index (χ1v) is 24.3. The van der Waals surface area contributed by atoms with E-state index in [4.69, 9.17) is 10.2 Å². The number of aliphatic carboxylic acids is 2. The molecule has 0 aromatic rings. The van der Waals surface area contributed by atoms with Crippen LogP contribution in [0.25, 0.3) is 0 Å². The molecule has 0 aromatic heterocycles. The monoisotopic (exact) mass is 1000 g/mol. The van der Waals surface area contributed by atoms with Crippen molar-refractivity contribution in [1.82, 2.24) is 0 Å². The van der Waals surface area contributed by atoms with E-state index in [1.54, 1.807) is 0 Å². The van der Waals surface area contributed by atoms with Crippen LogP contribution in [0, 0.1) is 6.92 Å². The van der Waals surface area contributed by atoms with Gasteiger partial charge in [0.2, 0.25) is 0 Å². The molecule has 0 rings (SSSR count). The average molecular weight is 1000 g/mol. The first-order valence-electron chi connectivity index (χ1n) is 8.22. The zero-order valence-corrected chi connectivity index (χ0v) is 28.3. The van der Waals surface area contributed by atoms with Gasteiger partial charge in [-0.15, -0.1) is 0 Å². The summed E-state index contributed by atoms with van der Waals surface area (Å²) in [6, 6.07) is 0. The summed E-state index contributed by atoms with van der Waals surface area (Å²) < 4.78 is 69.4. The van der Waals surface area contributed by atoms with Gasteiger partial charge in [0.1, 0.15) is 5.25 Å². The molecule has 4 nitrogen and oxygen atoms in total. The molecule has 0 saturated carbocycles. The van der Waals surface area contributed by atoms with Crippen LogP contribution >= 0.6 is 94.3 Å². The Morgan fingerprint density at radius 3 is 1.45 bits per heavy atom. The second kappa shape index (κ2) is 30.3. The van der Waals surface area contributed by atoms with Crippen molar-refractivity contribution in [1.29, 1.82) is 0 Å². The molecule has 16 heteroatoms. The molecular weight excluding hydrogens is 973 g/mol. The summed E-state index contributed by atoms with van der Waals surface area (Å²) >= 11 is 10.3. The molecule has 0 aliphatic rings. The molecule has 0 aromatic carbocycles. The van der Waals surface area contributed by atoms with Gasteiger partial charge in [-0.2, -0.15) is 44.5 Å². The first kappa shape index (κ1) is 48.2. The van der Waals surface area contributed by atoms with Crippen LogP contribution in [0.15, 0.2) is 12.2 Å². The number of thioether (sulfide) groups is 1. The van der Waals surface area contributed by atoms with Crippen molar-refractivity contribution in [3.63, 3.8) is 0 Å². The Hall–Kier alpha value is 2.11. The minimum atomic E-state index is -4.53. The van der Waals surface area contributed by atoms with Crippen LogP contribution in [0.2, 0.25) is 0 Å². The van der Waals surface area contributed by atoms with E-state index in [1.165, 1.54) is 12.7 Å². The second-order valence-electron chi connectivity index (χ2n) is 4.96. The van der Waals surface area contributed by atoms with Crippen molar-refractivity contribution >= 4 is 106 Å². The second-order valence-corrected chi connectivity index (χ2v) is 43.5. The van der Waals surface area contributed by atoms with Crippen molar-refractivity contribution in [2.45, 2.75) is 69.0 Å². The Morgan fingerprint density at radius 1 is 1.09 bits per heavy atom. The normalized spacial score (nSPS) is 12.1. The summed E-state index contributed by atoms with van der Waals surface area (Å²) in [5.41, 5.74) is 0. The number of carbonyl (C=O) groups is 2. The standard InChI is InChI=1S/C5H7F3O2S.C4H3F3O2.C4H9I.C3H7.CH4.3HI.V/c1-11-3(2-4(9)10)5(6,7)8;5-4(6,7)2-1-3(8)9;1-3-4(2)5;1-3-2;;;;;/h3H,2H2,1H3,(H,9,10);1-2H,(H,8,9);4H,3H2,1-2H3;1,3H2,2H3;1H4;3*1H;/q;;;-1;;;;;+3/p-3/b;2-1+;;;;;;;. The number of allylic oxidation sites excluding steroid dienone is 1. The van der Waals surface area contributed by atoms with Crippen LogP contribution in [-0.4, -0.2) is 49.9 Å². The quantitative estimate of drug-likeness (QED) is 0.0945. The summed E-state index contributed by atoms with van der Waals surface area (Å²) in [5, 5.41) is 14.0. The van der Waals surface area contributed by atoms with Crippen LogP contribution in [0.3, 0.4) is 0 Å². The predicted molar refractivity (Wildman–Crippen MR) is 157 cm³/mol. The molecule has 0 aliphatic heterocycles. The number of alkyl halides is 7. The van der Waals surface area contributed by atoms with Gasteiger partial charge < -0.3 is 17.1 Å². The number of rotatable bonds is 5. The topological polar surface area (TPSA) is 74.6 Å². The number of halogens is 10. The van der Waals surface area contributed by atoms with E-state index in [0.717, 1.165) is 10.3 Å². The van der Waals surface area contributed by atoms with E-state index in [9.17, 15) is 35.9 Å². The van der Waals surface area contributed by atoms with Crippen molar-refractivity contribution in [2.75, 3.05) is 6.26 Å². The SMILES string of the molecule is C.CCC(C)I.CSC(CC(=O)O)C(F)(F)F.O=C(O)/C=C/C(F)(F)F.[CH2-]CC.[I][V]([I])[I]. The van der Waals surface area contributed by atoms with E-state index in [2.05, 4.69) is 103 Å². The molecule has 2 N–H and O–H groups in total. The fraction of sp³-hybridized carbons (Fsp3) is 0.706. The van der Waals surface area contributed by atoms with Crippen molar-refractivity contribution < 1.29 is 51.1 Å². The Morgan fingerprint density at radius 2 is 1.39 bits per heavy atom. The molecule has 33 heavy (non-hydrogen) atoms. The molecule has 0 amide bonds. The van der Waals surface area contributed by atoms with Gasteiger partial charge in [0, 0.05) is 16.1 Å². The van der Waals surface area contributed by atoms with Gasteiger partial charge in [0.15, 0.2) is 0 Å². The third-order valence-corrected chi connectivity index (χ3v) is 3.87. The van der Waals surface area contributed by atoms with E-state index in [1.807, 2.05) is 6.92 Å². The molecular formula is C17H30F6I4O4SV-. The maximum atomic E-state index is 11.8. The molecule has 0 radical (unpaired) electrons. The molecule has 0 bridgehead atoms. The summed E-state index contributed by atoms with van der Waals surface area (Å²) in [7, 11) is 0. The van der Waals surface area contributed by atoms with Crippen LogP contribution in [0.4, 0.5) is 26.3 Å². The Kier molecular flexibility index (Phi) is 44.3. The minimum absolute atomic E-state index is 0. The van der Waals surface area contributed by atoms with Crippen molar-refractivity contribution in [2.24, 2.45) is 0 Å². The zero-order chi connectivity index (χ0) is 27.1. The predicted octanol–water partition coefficient (Wildman–Crippen LogP) is 9.69. The van der Waals surface area contributed by atoms with Crippen LogP contribution in [-0.2, 0) is 14.5 Å². The number of carboxylic acids is 2. The molecule has 0 aliphatic carbocycles.